The molecule has 0 saturated heterocycles. The van der Waals surface area contributed by atoms with Crippen LogP contribution in [-0.2, 0) is 14.8 Å². The summed E-state index contributed by atoms with van der Waals surface area (Å²) in [5, 5.41) is 3.56. The van der Waals surface area contributed by atoms with E-state index in [0.717, 1.165) is 18.4 Å². The van der Waals surface area contributed by atoms with Crippen molar-refractivity contribution in [3.05, 3.63) is 59.1 Å². The molecule has 2 aliphatic rings. The number of hydrogen-bond donors (Lipinski definition) is 1. The van der Waals surface area contributed by atoms with Crippen LogP contribution in [0.1, 0.15) is 31.2 Å². The predicted molar refractivity (Wildman–Crippen MR) is 115 cm³/mol. The Balaban J connectivity index is 1.61. The number of anilines is 1. The number of nitrogens with zero attached hydrogens (tertiary/aromatic N) is 1. The maximum atomic E-state index is 13.4. The lowest BCUT2D eigenvalue weighted by Gasteiger charge is -2.28. The van der Waals surface area contributed by atoms with E-state index in [9.17, 15) is 13.2 Å². The Morgan fingerprint density at radius 3 is 2.45 bits per heavy atom. The van der Waals surface area contributed by atoms with Gasteiger partial charge in [-0.3, -0.25) is 9.10 Å². The number of benzene rings is 2. The van der Waals surface area contributed by atoms with Crippen LogP contribution < -0.4 is 9.62 Å². The standard InChI is InChI=1S/C22H25ClN2O3S/c1-15-4-2-3-5-21(15)25(29(27,28)19-10-8-18(23)9-11-19)14-22(26)24-20-13-16-6-7-17(20)12-16/h2-5,8-11,16-17,20H,6-7,12-14H2,1H3,(H,24,26). The van der Waals surface area contributed by atoms with E-state index in [1.54, 1.807) is 24.3 Å². The summed E-state index contributed by atoms with van der Waals surface area (Å²) in [5.74, 6) is 0.975. The number of sulfonamides is 1. The van der Waals surface area contributed by atoms with Crippen LogP contribution in [0.2, 0.25) is 5.02 Å². The van der Waals surface area contributed by atoms with Gasteiger partial charge >= 0.3 is 0 Å². The zero-order valence-corrected chi connectivity index (χ0v) is 17.9. The van der Waals surface area contributed by atoms with Gasteiger partial charge in [0.25, 0.3) is 10.0 Å². The molecule has 29 heavy (non-hydrogen) atoms. The number of para-hydroxylation sites is 1. The number of halogens is 1. The van der Waals surface area contributed by atoms with E-state index in [1.165, 1.54) is 29.3 Å². The normalized spacial score (nSPS) is 23.2. The smallest absolute Gasteiger partial charge is 0.264 e. The average Bonchev–Trinajstić information content (AvgIpc) is 3.30. The number of fused-ring (bicyclic) bond motifs is 2. The Kier molecular flexibility index (Phi) is 5.58. The molecule has 3 atom stereocenters. The van der Waals surface area contributed by atoms with Crippen LogP contribution in [0.15, 0.2) is 53.4 Å². The Morgan fingerprint density at radius 1 is 1.10 bits per heavy atom. The fourth-order valence-corrected chi connectivity index (χ4v) is 6.29. The van der Waals surface area contributed by atoms with Crippen molar-refractivity contribution in [1.82, 2.24) is 5.32 Å². The van der Waals surface area contributed by atoms with Crippen molar-refractivity contribution in [2.24, 2.45) is 11.8 Å². The fourth-order valence-electron chi connectivity index (χ4n) is 4.68. The molecule has 2 aromatic rings. The highest BCUT2D eigenvalue weighted by Gasteiger charge is 2.40. The summed E-state index contributed by atoms with van der Waals surface area (Å²) in [6.07, 6.45) is 4.58. The molecular formula is C22H25ClN2O3S. The second-order valence-corrected chi connectivity index (χ2v) is 10.4. The van der Waals surface area contributed by atoms with E-state index >= 15 is 0 Å². The summed E-state index contributed by atoms with van der Waals surface area (Å²) in [5.41, 5.74) is 1.29. The zero-order valence-electron chi connectivity index (χ0n) is 16.3. The van der Waals surface area contributed by atoms with Crippen LogP contribution in [0.3, 0.4) is 0 Å². The van der Waals surface area contributed by atoms with Crippen molar-refractivity contribution in [3.63, 3.8) is 0 Å². The van der Waals surface area contributed by atoms with E-state index in [0.29, 0.717) is 22.5 Å². The van der Waals surface area contributed by atoms with Crippen molar-refractivity contribution < 1.29 is 13.2 Å². The quantitative estimate of drug-likeness (QED) is 0.745. The first-order valence-electron chi connectivity index (χ1n) is 9.98. The Hall–Kier alpha value is -2.05. The van der Waals surface area contributed by atoms with E-state index in [-0.39, 0.29) is 23.4 Å². The van der Waals surface area contributed by atoms with Crippen LogP contribution in [0.4, 0.5) is 5.69 Å². The first-order chi connectivity index (χ1) is 13.8. The lowest BCUT2D eigenvalue weighted by atomic mass is 9.95. The molecule has 1 N–H and O–H groups in total. The molecule has 2 bridgehead atoms. The van der Waals surface area contributed by atoms with Crippen LogP contribution in [-0.4, -0.2) is 26.9 Å². The van der Waals surface area contributed by atoms with Gasteiger partial charge in [-0.05, 0) is 73.9 Å². The highest BCUT2D eigenvalue weighted by molar-refractivity contribution is 7.92. The summed E-state index contributed by atoms with van der Waals surface area (Å²) in [7, 11) is -3.92. The Bertz CT molecular complexity index is 1010. The average molecular weight is 433 g/mol. The number of carbonyl (C=O) groups is 1. The number of hydrogen-bond acceptors (Lipinski definition) is 3. The van der Waals surface area contributed by atoms with E-state index in [1.807, 2.05) is 19.1 Å². The number of carbonyl (C=O) groups excluding carboxylic acids is 1. The summed E-state index contributed by atoms with van der Waals surface area (Å²) < 4.78 is 28.0. The number of nitrogens with one attached hydrogen (secondary N) is 1. The summed E-state index contributed by atoms with van der Waals surface area (Å²) in [4.78, 5) is 13.0. The van der Waals surface area contributed by atoms with E-state index in [2.05, 4.69) is 5.32 Å². The van der Waals surface area contributed by atoms with E-state index < -0.39 is 10.0 Å². The number of rotatable bonds is 6. The summed E-state index contributed by atoms with van der Waals surface area (Å²) in [6, 6.07) is 13.4. The topological polar surface area (TPSA) is 66.5 Å². The molecule has 4 rings (SSSR count). The molecule has 2 fully saturated rings. The number of aryl methyl sites for hydroxylation is 1. The van der Waals surface area contributed by atoms with Gasteiger partial charge in [0.05, 0.1) is 10.6 Å². The van der Waals surface area contributed by atoms with Gasteiger partial charge in [0.15, 0.2) is 0 Å². The first kappa shape index (κ1) is 20.2. The molecule has 0 aromatic heterocycles. The summed E-state index contributed by atoms with van der Waals surface area (Å²) >= 11 is 5.92. The summed E-state index contributed by atoms with van der Waals surface area (Å²) in [6.45, 7) is 1.59. The van der Waals surface area contributed by atoms with Gasteiger partial charge in [0.2, 0.25) is 5.91 Å². The maximum Gasteiger partial charge on any atom is 0.264 e. The fraction of sp³-hybridized carbons (Fsp3) is 0.409. The third-order valence-corrected chi connectivity index (χ3v) is 8.18. The molecule has 0 radical (unpaired) electrons. The van der Waals surface area contributed by atoms with Gasteiger partial charge in [-0.15, -0.1) is 0 Å². The minimum Gasteiger partial charge on any atom is -0.352 e. The molecule has 2 aromatic carbocycles. The molecule has 154 valence electrons. The minimum absolute atomic E-state index is 0.109. The third-order valence-electron chi connectivity index (χ3n) is 6.16. The van der Waals surface area contributed by atoms with Gasteiger partial charge in [-0.2, -0.15) is 0 Å². The highest BCUT2D eigenvalue weighted by Crippen LogP contribution is 2.44. The third kappa shape index (κ3) is 4.14. The minimum atomic E-state index is -3.92. The van der Waals surface area contributed by atoms with Crippen LogP contribution >= 0.6 is 11.6 Å². The second kappa shape index (κ2) is 8.00. The Morgan fingerprint density at radius 2 is 1.83 bits per heavy atom. The van der Waals surface area contributed by atoms with Crippen molar-refractivity contribution in [2.45, 2.75) is 43.5 Å². The largest absolute Gasteiger partial charge is 0.352 e. The molecule has 3 unspecified atom stereocenters. The monoisotopic (exact) mass is 432 g/mol. The molecule has 7 heteroatoms. The van der Waals surface area contributed by atoms with Crippen molar-refractivity contribution in [3.8, 4) is 0 Å². The molecule has 2 saturated carbocycles. The van der Waals surface area contributed by atoms with E-state index in [4.69, 9.17) is 11.6 Å². The van der Waals surface area contributed by atoms with Crippen LogP contribution in [0.5, 0.6) is 0 Å². The zero-order chi connectivity index (χ0) is 20.6. The highest BCUT2D eigenvalue weighted by atomic mass is 35.5. The lowest BCUT2D eigenvalue weighted by molar-refractivity contribution is -0.120. The molecular weight excluding hydrogens is 408 g/mol. The van der Waals surface area contributed by atoms with Gasteiger partial charge in [0.1, 0.15) is 6.54 Å². The van der Waals surface area contributed by atoms with Gasteiger partial charge in [-0.1, -0.05) is 36.2 Å². The first-order valence-corrected chi connectivity index (χ1v) is 11.8. The molecule has 0 aliphatic heterocycles. The molecule has 2 aliphatic carbocycles. The second-order valence-electron chi connectivity index (χ2n) is 8.10. The maximum absolute atomic E-state index is 13.4. The van der Waals surface area contributed by atoms with Crippen LogP contribution in [0, 0.1) is 18.8 Å². The van der Waals surface area contributed by atoms with Crippen molar-refractivity contribution in [2.75, 3.05) is 10.8 Å². The van der Waals surface area contributed by atoms with Gasteiger partial charge in [0, 0.05) is 11.1 Å². The molecule has 0 heterocycles. The molecule has 1 amide bonds. The molecule has 0 spiro atoms. The predicted octanol–water partition coefficient (Wildman–Crippen LogP) is 4.15. The number of amides is 1. The van der Waals surface area contributed by atoms with Crippen molar-refractivity contribution >= 4 is 33.2 Å². The van der Waals surface area contributed by atoms with Crippen molar-refractivity contribution in [1.29, 1.82) is 0 Å². The Labute approximate surface area is 177 Å². The lowest BCUT2D eigenvalue weighted by Crippen LogP contribution is -2.46. The van der Waals surface area contributed by atoms with Crippen LogP contribution in [0.25, 0.3) is 0 Å². The molecule has 5 nitrogen and oxygen atoms in total. The van der Waals surface area contributed by atoms with Gasteiger partial charge < -0.3 is 5.32 Å². The van der Waals surface area contributed by atoms with Gasteiger partial charge in [-0.25, -0.2) is 8.42 Å². The SMILES string of the molecule is Cc1ccccc1N(CC(=O)NC1CC2CCC1C2)S(=O)(=O)c1ccc(Cl)cc1.